The number of unbranched alkanes of at least 4 members (excludes halogenated alkanes) is 27. The lowest BCUT2D eigenvalue weighted by molar-refractivity contribution is 0.516. The maximum atomic E-state index is 5.38. The summed E-state index contributed by atoms with van der Waals surface area (Å²) in [5.74, 6) is 0.827. The van der Waals surface area contributed by atoms with E-state index >= 15 is 0 Å². The van der Waals surface area contributed by atoms with E-state index in [1.165, 1.54) is 186 Å². The summed E-state index contributed by atoms with van der Waals surface area (Å²) in [6.45, 7) is 6.78. The fourth-order valence-corrected chi connectivity index (χ4v) is 4.92. The lowest BCUT2D eigenvalue weighted by Gasteiger charge is -2.04. The molecule has 0 unspecified atom stereocenters. The summed E-state index contributed by atoms with van der Waals surface area (Å²) in [7, 11) is 0. The molecule has 0 aliphatic heterocycles. The van der Waals surface area contributed by atoms with Crippen molar-refractivity contribution in [3.8, 4) is 0 Å². The van der Waals surface area contributed by atoms with Crippen molar-refractivity contribution in [2.24, 2.45) is 0 Å². The molecule has 0 aliphatic carbocycles. The highest BCUT2D eigenvalue weighted by Crippen LogP contribution is 2.15. The molecule has 34 heavy (non-hydrogen) atoms. The summed E-state index contributed by atoms with van der Waals surface area (Å²) in [5, 5.41) is 0. The number of hydrogen-bond donors (Lipinski definition) is 0. The zero-order valence-corrected chi connectivity index (χ0v) is 25.3. The average Bonchev–Trinajstić information content (AvgIpc) is 2.85. The summed E-state index contributed by atoms with van der Waals surface area (Å²) >= 11 is 5.38. The molecule has 0 bridgehead atoms. The maximum Gasteiger partial charge on any atom is 0.0223 e. The Hall–Kier alpha value is 0.290. The molecule has 0 saturated carbocycles. The molecule has 0 aromatic heterocycles. The summed E-state index contributed by atoms with van der Waals surface area (Å²) in [6, 6.07) is 0. The van der Waals surface area contributed by atoms with Crippen LogP contribution in [0.1, 0.15) is 207 Å². The predicted molar refractivity (Wildman–Crippen MR) is 162 cm³/mol. The van der Waals surface area contributed by atoms with Crippen molar-refractivity contribution < 1.29 is 0 Å². The Bertz CT molecular complexity index is 271. The van der Waals surface area contributed by atoms with E-state index < -0.39 is 0 Å². The lowest BCUT2D eigenvalue weighted by Crippen LogP contribution is -1.84. The second-order valence-corrected chi connectivity index (χ2v) is 11.3. The van der Waals surface area contributed by atoms with Crippen molar-refractivity contribution >= 4 is 11.6 Å². The smallest absolute Gasteiger partial charge is 0.0223 e. The first-order chi connectivity index (χ1) is 16.8. The molecule has 0 spiro atoms. The van der Waals surface area contributed by atoms with E-state index in [1.807, 2.05) is 0 Å². The SMILES string of the molecule is CCCCCCCCCCCCCCCCCCCCCCCCCCCC.CCCCCCl. The van der Waals surface area contributed by atoms with Crippen LogP contribution in [0.2, 0.25) is 0 Å². The Morgan fingerprint density at radius 2 is 0.382 bits per heavy atom. The van der Waals surface area contributed by atoms with E-state index in [1.54, 1.807) is 0 Å². The van der Waals surface area contributed by atoms with Crippen LogP contribution in [-0.2, 0) is 0 Å². The second-order valence-electron chi connectivity index (χ2n) is 10.9. The van der Waals surface area contributed by atoms with Gasteiger partial charge in [-0.15, -0.1) is 11.6 Å². The molecular formula is C33H69Cl. The first-order valence-electron chi connectivity index (χ1n) is 16.4. The molecule has 0 heterocycles. The first-order valence-corrected chi connectivity index (χ1v) is 16.9. The molecule has 0 aromatic rings. The predicted octanol–water partition coefficient (Wildman–Crippen LogP) is 13.6. The molecule has 0 aliphatic rings. The normalized spacial score (nSPS) is 10.9. The van der Waals surface area contributed by atoms with E-state index in [4.69, 9.17) is 11.6 Å². The monoisotopic (exact) mass is 501 g/mol. The van der Waals surface area contributed by atoms with Crippen molar-refractivity contribution in [2.45, 2.75) is 207 Å². The highest BCUT2D eigenvalue weighted by Gasteiger charge is 1.96. The van der Waals surface area contributed by atoms with Crippen molar-refractivity contribution in [1.82, 2.24) is 0 Å². The highest BCUT2D eigenvalue weighted by atomic mass is 35.5. The van der Waals surface area contributed by atoms with Gasteiger partial charge in [-0.05, 0) is 6.42 Å². The molecule has 0 radical (unpaired) electrons. The Balaban J connectivity index is 0. The highest BCUT2D eigenvalue weighted by molar-refractivity contribution is 6.17. The van der Waals surface area contributed by atoms with Gasteiger partial charge in [0.25, 0.3) is 0 Å². The van der Waals surface area contributed by atoms with Gasteiger partial charge in [-0.1, -0.05) is 201 Å². The van der Waals surface area contributed by atoms with Gasteiger partial charge in [-0.2, -0.15) is 0 Å². The molecule has 0 fully saturated rings. The van der Waals surface area contributed by atoms with E-state index in [9.17, 15) is 0 Å². The van der Waals surface area contributed by atoms with Gasteiger partial charge >= 0.3 is 0 Å². The summed E-state index contributed by atoms with van der Waals surface area (Å²) in [6.07, 6.45) is 42.1. The number of alkyl halides is 1. The molecule has 208 valence electrons. The van der Waals surface area contributed by atoms with Crippen LogP contribution in [0.5, 0.6) is 0 Å². The number of rotatable bonds is 28. The van der Waals surface area contributed by atoms with Crippen LogP contribution in [-0.4, -0.2) is 5.88 Å². The lowest BCUT2D eigenvalue weighted by atomic mass is 10.0. The van der Waals surface area contributed by atoms with E-state index in [0.29, 0.717) is 0 Å². The average molecular weight is 501 g/mol. The van der Waals surface area contributed by atoms with Crippen molar-refractivity contribution in [1.29, 1.82) is 0 Å². The van der Waals surface area contributed by atoms with Gasteiger partial charge < -0.3 is 0 Å². The Morgan fingerprint density at radius 3 is 0.500 bits per heavy atom. The molecule has 0 N–H and O–H groups in total. The molecule has 0 aromatic carbocycles. The molecule has 1 heteroatoms. The van der Waals surface area contributed by atoms with Crippen LogP contribution >= 0.6 is 11.6 Å². The largest absolute Gasteiger partial charge is 0.127 e. The van der Waals surface area contributed by atoms with Crippen LogP contribution in [0.15, 0.2) is 0 Å². The first kappa shape index (κ1) is 36.4. The Kier molecular flexibility index (Phi) is 40.6. The molecule has 0 amide bonds. The topological polar surface area (TPSA) is 0 Å². The van der Waals surface area contributed by atoms with Gasteiger partial charge in [-0.3, -0.25) is 0 Å². The maximum absolute atomic E-state index is 5.38. The van der Waals surface area contributed by atoms with E-state index in [2.05, 4.69) is 20.8 Å². The van der Waals surface area contributed by atoms with Gasteiger partial charge in [0.1, 0.15) is 0 Å². The van der Waals surface area contributed by atoms with Crippen LogP contribution in [0, 0.1) is 0 Å². The molecule has 0 atom stereocenters. The number of halogens is 1. The zero-order chi connectivity index (χ0) is 25.2. The molecule has 0 rings (SSSR count). The van der Waals surface area contributed by atoms with Crippen LogP contribution < -0.4 is 0 Å². The second kappa shape index (κ2) is 37.8. The van der Waals surface area contributed by atoms with Crippen molar-refractivity contribution in [3.63, 3.8) is 0 Å². The zero-order valence-electron chi connectivity index (χ0n) is 24.6. The van der Waals surface area contributed by atoms with Gasteiger partial charge in [-0.25, -0.2) is 0 Å². The standard InChI is InChI=1S/C28H58.C5H11Cl/c1-3-5-7-9-11-13-15-17-19-21-23-25-27-28-26-24-22-20-18-16-14-12-10-8-6-4-2;1-2-3-4-5-6/h3-28H2,1-2H3;2-5H2,1H3. The third kappa shape index (κ3) is 39.5. The van der Waals surface area contributed by atoms with Crippen LogP contribution in [0.4, 0.5) is 0 Å². The Morgan fingerprint density at radius 1 is 0.235 bits per heavy atom. The summed E-state index contributed by atoms with van der Waals surface area (Å²) in [4.78, 5) is 0. The molecular weight excluding hydrogens is 432 g/mol. The Labute approximate surface area is 224 Å². The summed E-state index contributed by atoms with van der Waals surface area (Å²) < 4.78 is 0. The fraction of sp³-hybridized carbons (Fsp3) is 1.00. The number of hydrogen-bond acceptors (Lipinski definition) is 0. The fourth-order valence-electron chi connectivity index (χ4n) is 4.73. The minimum atomic E-state index is 0.827. The minimum absolute atomic E-state index is 0.827. The van der Waals surface area contributed by atoms with Gasteiger partial charge in [0.15, 0.2) is 0 Å². The minimum Gasteiger partial charge on any atom is -0.127 e. The summed E-state index contributed by atoms with van der Waals surface area (Å²) in [5.41, 5.74) is 0. The quantitative estimate of drug-likeness (QED) is 0.0739. The third-order valence-electron chi connectivity index (χ3n) is 7.19. The van der Waals surface area contributed by atoms with Crippen LogP contribution in [0.3, 0.4) is 0 Å². The van der Waals surface area contributed by atoms with Crippen molar-refractivity contribution in [2.75, 3.05) is 5.88 Å². The third-order valence-corrected chi connectivity index (χ3v) is 7.46. The molecule has 0 nitrogen and oxygen atoms in total. The molecule has 0 saturated heterocycles. The van der Waals surface area contributed by atoms with Crippen molar-refractivity contribution in [3.05, 3.63) is 0 Å². The van der Waals surface area contributed by atoms with Gasteiger partial charge in [0.2, 0.25) is 0 Å². The van der Waals surface area contributed by atoms with Gasteiger partial charge in [0.05, 0.1) is 0 Å². The van der Waals surface area contributed by atoms with E-state index in [0.717, 1.165) is 5.88 Å². The van der Waals surface area contributed by atoms with Gasteiger partial charge in [0, 0.05) is 5.88 Å². The van der Waals surface area contributed by atoms with Crippen LogP contribution in [0.25, 0.3) is 0 Å². The van der Waals surface area contributed by atoms with E-state index in [-0.39, 0.29) is 0 Å².